The van der Waals surface area contributed by atoms with Crippen molar-refractivity contribution in [3.8, 4) is 11.3 Å². The Balaban J connectivity index is 1.87. The van der Waals surface area contributed by atoms with Gasteiger partial charge < -0.3 is 4.52 Å². The fourth-order valence-corrected chi connectivity index (χ4v) is 2.44. The molecule has 0 radical (unpaired) electrons. The van der Waals surface area contributed by atoms with Crippen LogP contribution in [-0.4, -0.2) is 5.16 Å². The van der Waals surface area contributed by atoms with E-state index in [2.05, 4.69) is 23.4 Å². The zero-order chi connectivity index (χ0) is 10.8. The van der Waals surface area contributed by atoms with Crippen molar-refractivity contribution in [3.63, 3.8) is 0 Å². The molecule has 1 saturated carbocycles. The minimum Gasteiger partial charge on any atom is -0.360 e. The highest BCUT2D eigenvalue weighted by Crippen LogP contribution is 2.35. The Morgan fingerprint density at radius 3 is 2.56 bits per heavy atom. The smallest absolute Gasteiger partial charge is 0.140 e. The molecule has 0 N–H and O–H groups in total. The molecule has 3 rings (SSSR count). The van der Waals surface area contributed by atoms with E-state index >= 15 is 0 Å². The molecule has 0 amide bonds. The Morgan fingerprint density at radius 2 is 1.81 bits per heavy atom. The molecule has 0 unspecified atom stereocenters. The number of hydrogen-bond donors (Lipinski definition) is 0. The van der Waals surface area contributed by atoms with Gasteiger partial charge in [-0.25, -0.2) is 0 Å². The number of aromatic nitrogens is 1. The molecule has 2 nitrogen and oxygen atoms in total. The van der Waals surface area contributed by atoms with E-state index in [4.69, 9.17) is 4.52 Å². The Hall–Kier alpha value is -1.57. The molecular weight excluding hydrogens is 198 g/mol. The van der Waals surface area contributed by atoms with Gasteiger partial charge in [0.2, 0.25) is 0 Å². The summed E-state index contributed by atoms with van der Waals surface area (Å²) in [4.78, 5) is 0. The summed E-state index contributed by atoms with van der Waals surface area (Å²) >= 11 is 0. The molecule has 1 heterocycles. The van der Waals surface area contributed by atoms with Crippen LogP contribution in [0.2, 0.25) is 0 Å². The largest absolute Gasteiger partial charge is 0.360 e. The Bertz CT molecular complexity index is 455. The minimum atomic E-state index is 0.602. The molecule has 2 aromatic rings. The summed E-state index contributed by atoms with van der Waals surface area (Å²) in [5, 5.41) is 4.16. The van der Waals surface area contributed by atoms with Gasteiger partial charge in [-0.2, -0.15) is 0 Å². The second-order valence-electron chi connectivity index (χ2n) is 4.46. The van der Waals surface area contributed by atoms with Crippen molar-refractivity contribution >= 4 is 0 Å². The van der Waals surface area contributed by atoms with Crippen LogP contribution in [0.3, 0.4) is 0 Å². The predicted molar refractivity (Wildman–Crippen MR) is 63.1 cm³/mol. The topological polar surface area (TPSA) is 26.0 Å². The van der Waals surface area contributed by atoms with Gasteiger partial charge in [-0.1, -0.05) is 48.3 Å². The van der Waals surface area contributed by atoms with Gasteiger partial charge in [0.15, 0.2) is 0 Å². The third kappa shape index (κ3) is 1.75. The molecular formula is C14H15NO. The first-order chi connectivity index (χ1) is 7.93. The lowest BCUT2D eigenvalue weighted by molar-refractivity contribution is 0.362. The van der Waals surface area contributed by atoms with Crippen LogP contribution in [0.25, 0.3) is 11.3 Å². The van der Waals surface area contributed by atoms with Gasteiger partial charge in [-0.15, -0.1) is 0 Å². The van der Waals surface area contributed by atoms with Crippen molar-refractivity contribution in [2.75, 3.05) is 0 Å². The molecule has 1 aromatic carbocycles. The first kappa shape index (κ1) is 9.64. The SMILES string of the molecule is c1ccc(-c2cc(C3CCCC3)on2)cc1. The summed E-state index contributed by atoms with van der Waals surface area (Å²) < 4.78 is 5.45. The lowest BCUT2D eigenvalue weighted by Gasteiger charge is -2.00. The maximum Gasteiger partial charge on any atom is 0.140 e. The fraction of sp³-hybridized carbons (Fsp3) is 0.357. The quantitative estimate of drug-likeness (QED) is 0.753. The van der Waals surface area contributed by atoms with Crippen LogP contribution in [0.4, 0.5) is 0 Å². The number of hydrogen-bond acceptors (Lipinski definition) is 2. The molecule has 16 heavy (non-hydrogen) atoms. The monoisotopic (exact) mass is 213 g/mol. The van der Waals surface area contributed by atoms with Crippen molar-refractivity contribution in [2.24, 2.45) is 0 Å². The van der Waals surface area contributed by atoms with Crippen LogP contribution in [0.1, 0.15) is 37.4 Å². The van der Waals surface area contributed by atoms with Crippen molar-refractivity contribution in [2.45, 2.75) is 31.6 Å². The van der Waals surface area contributed by atoms with Crippen molar-refractivity contribution < 1.29 is 4.52 Å². The Labute approximate surface area is 95.3 Å². The van der Waals surface area contributed by atoms with Crippen LogP contribution < -0.4 is 0 Å². The van der Waals surface area contributed by atoms with Crippen LogP contribution in [0, 0.1) is 0 Å². The van der Waals surface area contributed by atoms with E-state index in [9.17, 15) is 0 Å². The van der Waals surface area contributed by atoms with Crippen LogP contribution in [-0.2, 0) is 0 Å². The zero-order valence-corrected chi connectivity index (χ0v) is 9.23. The second-order valence-corrected chi connectivity index (χ2v) is 4.46. The van der Waals surface area contributed by atoms with Gasteiger partial charge in [-0.3, -0.25) is 0 Å². The fourth-order valence-electron chi connectivity index (χ4n) is 2.44. The highest BCUT2D eigenvalue weighted by molar-refractivity contribution is 5.58. The van der Waals surface area contributed by atoms with Crippen molar-refractivity contribution in [1.82, 2.24) is 5.16 Å². The molecule has 82 valence electrons. The van der Waals surface area contributed by atoms with Crippen LogP contribution in [0.5, 0.6) is 0 Å². The number of benzene rings is 1. The molecule has 0 spiro atoms. The first-order valence-electron chi connectivity index (χ1n) is 5.95. The maximum atomic E-state index is 5.45. The van der Waals surface area contributed by atoms with Crippen LogP contribution in [0.15, 0.2) is 40.9 Å². The molecule has 1 fully saturated rings. The number of rotatable bonds is 2. The van der Waals surface area contributed by atoms with E-state index in [1.165, 1.54) is 25.7 Å². The van der Waals surface area contributed by atoms with E-state index < -0.39 is 0 Å². The molecule has 0 aliphatic heterocycles. The lowest BCUT2D eigenvalue weighted by atomic mass is 10.0. The summed E-state index contributed by atoms with van der Waals surface area (Å²) in [6.07, 6.45) is 5.16. The summed E-state index contributed by atoms with van der Waals surface area (Å²) in [7, 11) is 0. The van der Waals surface area contributed by atoms with Gasteiger partial charge in [0, 0.05) is 17.5 Å². The Kier molecular flexibility index (Phi) is 2.49. The normalized spacial score (nSPS) is 16.8. The Morgan fingerprint density at radius 1 is 1.06 bits per heavy atom. The van der Waals surface area contributed by atoms with Gasteiger partial charge in [0.25, 0.3) is 0 Å². The third-order valence-corrected chi connectivity index (χ3v) is 3.36. The highest BCUT2D eigenvalue weighted by Gasteiger charge is 2.21. The zero-order valence-electron chi connectivity index (χ0n) is 9.23. The van der Waals surface area contributed by atoms with E-state index in [-0.39, 0.29) is 0 Å². The first-order valence-corrected chi connectivity index (χ1v) is 5.95. The van der Waals surface area contributed by atoms with E-state index in [1.54, 1.807) is 0 Å². The van der Waals surface area contributed by atoms with Crippen LogP contribution >= 0.6 is 0 Å². The molecule has 1 aliphatic carbocycles. The second kappa shape index (κ2) is 4.12. The highest BCUT2D eigenvalue weighted by atomic mass is 16.5. The van der Waals surface area contributed by atoms with Gasteiger partial charge in [-0.05, 0) is 12.8 Å². The molecule has 1 aliphatic rings. The van der Waals surface area contributed by atoms with Gasteiger partial charge in [0.05, 0.1) is 0 Å². The lowest BCUT2D eigenvalue weighted by Crippen LogP contribution is -1.87. The van der Waals surface area contributed by atoms with Gasteiger partial charge in [0.1, 0.15) is 11.5 Å². The van der Waals surface area contributed by atoms with E-state index in [0.29, 0.717) is 5.92 Å². The van der Waals surface area contributed by atoms with E-state index in [0.717, 1.165) is 17.0 Å². The maximum absolute atomic E-state index is 5.45. The standard InChI is InChI=1S/C14H15NO/c1-2-6-11(7-3-1)13-10-14(16-15-13)12-8-4-5-9-12/h1-3,6-7,10,12H,4-5,8-9H2. The number of nitrogens with zero attached hydrogens (tertiary/aromatic N) is 1. The molecule has 2 heteroatoms. The molecule has 1 aromatic heterocycles. The van der Waals surface area contributed by atoms with Crippen molar-refractivity contribution in [3.05, 3.63) is 42.2 Å². The summed E-state index contributed by atoms with van der Waals surface area (Å²) in [5.74, 6) is 1.67. The summed E-state index contributed by atoms with van der Waals surface area (Å²) in [5.41, 5.74) is 2.10. The van der Waals surface area contributed by atoms with E-state index in [1.807, 2.05) is 18.2 Å². The molecule has 0 bridgehead atoms. The average molecular weight is 213 g/mol. The third-order valence-electron chi connectivity index (χ3n) is 3.36. The average Bonchev–Trinajstić information content (AvgIpc) is 3.01. The minimum absolute atomic E-state index is 0.602. The molecule has 0 atom stereocenters. The molecule has 0 saturated heterocycles. The summed E-state index contributed by atoms with van der Waals surface area (Å²) in [6.45, 7) is 0. The van der Waals surface area contributed by atoms with Crippen molar-refractivity contribution in [1.29, 1.82) is 0 Å². The summed E-state index contributed by atoms with van der Waals surface area (Å²) in [6, 6.07) is 12.3. The van der Waals surface area contributed by atoms with Gasteiger partial charge >= 0.3 is 0 Å². The predicted octanol–water partition coefficient (Wildman–Crippen LogP) is 4.00.